The Bertz CT molecular complexity index is 858. The van der Waals surface area contributed by atoms with Crippen LogP contribution in [-0.2, 0) is 13.1 Å². The Labute approximate surface area is 151 Å². The van der Waals surface area contributed by atoms with Gasteiger partial charge in [0.2, 0.25) is 0 Å². The number of carbonyl (C=O) groups excluding carboxylic acids is 1. The first-order chi connectivity index (χ1) is 12.1. The van der Waals surface area contributed by atoms with E-state index in [0.717, 1.165) is 17.1 Å². The Morgan fingerprint density at radius 2 is 1.92 bits per heavy atom. The van der Waals surface area contributed by atoms with Crippen molar-refractivity contribution < 1.29 is 4.79 Å². The lowest BCUT2D eigenvalue weighted by molar-refractivity contribution is 0.0951. The predicted octanol–water partition coefficient (Wildman–Crippen LogP) is 3.70. The molecule has 5 nitrogen and oxygen atoms in total. The van der Waals surface area contributed by atoms with Crippen molar-refractivity contribution in [3.8, 4) is 0 Å². The van der Waals surface area contributed by atoms with Crippen molar-refractivity contribution in [2.24, 2.45) is 0 Å². The fourth-order valence-electron chi connectivity index (χ4n) is 2.37. The van der Waals surface area contributed by atoms with Crippen LogP contribution in [0, 0.1) is 13.8 Å². The molecule has 2 aromatic heterocycles. The Balaban J connectivity index is 1.65. The summed E-state index contributed by atoms with van der Waals surface area (Å²) >= 11 is 1.71. The summed E-state index contributed by atoms with van der Waals surface area (Å²) in [5.41, 5.74) is 4.30. The third kappa shape index (κ3) is 4.42. The molecule has 1 amide bonds. The van der Waals surface area contributed by atoms with Crippen LogP contribution < -0.4 is 10.6 Å². The zero-order valence-electron chi connectivity index (χ0n) is 14.2. The Kier molecular flexibility index (Phi) is 5.40. The highest BCUT2D eigenvalue weighted by atomic mass is 32.1. The molecule has 0 aliphatic heterocycles. The van der Waals surface area contributed by atoms with Crippen LogP contribution in [0.1, 0.15) is 32.2 Å². The maximum Gasteiger partial charge on any atom is 0.253 e. The largest absolute Gasteiger partial charge is 0.379 e. The highest BCUT2D eigenvalue weighted by Gasteiger charge is 2.11. The van der Waals surface area contributed by atoms with E-state index in [1.165, 1.54) is 10.4 Å². The molecule has 0 fully saturated rings. The van der Waals surface area contributed by atoms with Gasteiger partial charge in [-0.3, -0.25) is 14.8 Å². The highest BCUT2D eigenvalue weighted by Crippen LogP contribution is 2.20. The minimum atomic E-state index is -0.131. The van der Waals surface area contributed by atoms with Gasteiger partial charge in [0, 0.05) is 23.3 Å². The van der Waals surface area contributed by atoms with Crippen molar-refractivity contribution in [3.63, 3.8) is 0 Å². The smallest absolute Gasteiger partial charge is 0.253 e. The Morgan fingerprint density at radius 3 is 2.64 bits per heavy atom. The number of hydrogen-bond acceptors (Lipinski definition) is 5. The van der Waals surface area contributed by atoms with Crippen molar-refractivity contribution in [2.45, 2.75) is 26.9 Å². The predicted molar refractivity (Wildman–Crippen MR) is 101 cm³/mol. The van der Waals surface area contributed by atoms with Gasteiger partial charge in [-0.25, -0.2) is 0 Å². The van der Waals surface area contributed by atoms with Gasteiger partial charge in [0.05, 0.1) is 29.7 Å². The van der Waals surface area contributed by atoms with E-state index in [9.17, 15) is 4.79 Å². The first-order valence-corrected chi connectivity index (χ1v) is 8.93. The van der Waals surface area contributed by atoms with E-state index in [0.29, 0.717) is 18.7 Å². The first-order valence-electron chi connectivity index (χ1n) is 8.05. The SMILES string of the molecule is Cc1cnc(CNC(=O)c2ccccc2NCc2sccc2C)cn1. The number of para-hydroxylation sites is 1. The lowest BCUT2D eigenvalue weighted by Gasteiger charge is -2.12. The maximum atomic E-state index is 12.5. The van der Waals surface area contributed by atoms with Crippen LogP contribution in [0.3, 0.4) is 0 Å². The zero-order chi connectivity index (χ0) is 17.6. The number of carbonyl (C=O) groups is 1. The molecule has 0 saturated heterocycles. The molecule has 6 heteroatoms. The number of aryl methyl sites for hydroxylation is 2. The maximum absolute atomic E-state index is 12.5. The number of benzene rings is 1. The van der Waals surface area contributed by atoms with E-state index in [4.69, 9.17) is 0 Å². The van der Waals surface area contributed by atoms with Crippen LogP contribution in [0.25, 0.3) is 0 Å². The van der Waals surface area contributed by atoms with Crippen molar-refractivity contribution in [1.29, 1.82) is 0 Å². The molecule has 1 aromatic carbocycles. The van der Waals surface area contributed by atoms with E-state index < -0.39 is 0 Å². The normalized spacial score (nSPS) is 10.5. The van der Waals surface area contributed by atoms with Gasteiger partial charge in [-0.05, 0) is 43.0 Å². The number of thiophene rings is 1. The molecule has 0 aliphatic rings. The van der Waals surface area contributed by atoms with E-state index in [2.05, 4.69) is 39.0 Å². The fraction of sp³-hybridized carbons (Fsp3) is 0.211. The summed E-state index contributed by atoms with van der Waals surface area (Å²) in [7, 11) is 0. The van der Waals surface area contributed by atoms with Gasteiger partial charge < -0.3 is 10.6 Å². The van der Waals surface area contributed by atoms with Crippen LogP contribution in [0.5, 0.6) is 0 Å². The molecule has 0 atom stereocenters. The molecule has 3 aromatic rings. The first kappa shape index (κ1) is 17.1. The summed E-state index contributed by atoms with van der Waals surface area (Å²) < 4.78 is 0. The summed E-state index contributed by atoms with van der Waals surface area (Å²) in [5.74, 6) is -0.131. The second-order valence-electron chi connectivity index (χ2n) is 5.76. The van der Waals surface area contributed by atoms with Gasteiger partial charge in [-0.15, -0.1) is 11.3 Å². The second kappa shape index (κ2) is 7.90. The van der Waals surface area contributed by atoms with Crippen LogP contribution in [0.4, 0.5) is 5.69 Å². The highest BCUT2D eigenvalue weighted by molar-refractivity contribution is 7.10. The van der Waals surface area contributed by atoms with E-state index in [1.54, 1.807) is 23.7 Å². The molecule has 25 heavy (non-hydrogen) atoms. The van der Waals surface area contributed by atoms with E-state index in [1.807, 2.05) is 31.2 Å². The molecule has 0 aliphatic carbocycles. The molecule has 0 bridgehead atoms. The van der Waals surface area contributed by atoms with Gasteiger partial charge >= 0.3 is 0 Å². The number of hydrogen-bond donors (Lipinski definition) is 2. The summed E-state index contributed by atoms with van der Waals surface area (Å²) in [6, 6.07) is 9.63. The molecule has 128 valence electrons. The standard InChI is InChI=1S/C19H20N4OS/c1-13-7-8-25-18(13)12-22-17-6-4-3-5-16(17)19(24)23-11-15-10-20-14(2)9-21-15/h3-10,22H,11-12H2,1-2H3,(H,23,24). The number of nitrogens with one attached hydrogen (secondary N) is 2. The average Bonchev–Trinajstić information content (AvgIpc) is 3.04. The second-order valence-corrected chi connectivity index (χ2v) is 6.76. The third-order valence-electron chi connectivity index (χ3n) is 3.84. The molecular weight excluding hydrogens is 332 g/mol. The minimum absolute atomic E-state index is 0.131. The van der Waals surface area contributed by atoms with Crippen LogP contribution in [0.2, 0.25) is 0 Å². The van der Waals surface area contributed by atoms with Crippen LogP contribution >= 0.6 is 11.3 Å². The molecule has 3 rings (SSSR count). The lowest BCUT2D eigenvalue weighted by atomic mass is 10.1. The monoisotopic (exact) mass is 352 g/mol. The van der Waals surface area contributed by atoms with Gasteiger partial charge in [-0.1, -0.05) is 12.1 Å². The number of anilines is 1. The molecule has 2 N–H and O–H groups in total. The number of nitrogens with zero attached hydrogens (tertiary/aromatic N) is 2. The quantitative estimate of drug-likeness (QED) is 0.710. The van der Waals surface area contributed by atoms with E-state index in [-0.39, 0.29) is 5.91 Å². The fourth-order valence-corrected chi connectivity index (χ4v) is 3.22. The minimum Gasteiger partial charge on any atom is -0.379 e. The summed E-state index contributed by atoms with van der Waals surface area (Å²) in [5, 5.41) is 8.34. The number of rotatable bonds is 6. The molecule has 2 heterocycles. The van der Waals surface area contributed by atoms with Gasteiger partial charge in [0.1, 0.15) is 0 Å². The Hall–Kier alpha value is -2.73. The summed E-state index contributed by atoms with van der Waals surface area (Å²) in [6.07, 6.45) is 3.37. The summed E-state index contributed by atoms with van der Waals surface area (Å²) in [4.78, 5) is 22.2. The lowest BCUT2D eigenvalue weighted by Crippen LogP contribution is -2.24. The topological polar surface area (TPSA) is 66.9 Å². The van der Waals surface area contributed by atoms with Gasteiger partial charge in [-0.2, -0.15) is 0 Å². The van der Waals surface area contributed by atoms with Gasteiger partial charge in [0.25, 0.3) is 5.91 Å². The van der Waals surface area contributed by atoms with Crippen molar-refractivity contribution >= 4 is 22.9 Å². The molecular formula is C19H20N4OS. The molecule has 0 unspecified atom stereocenters. The number of amides is 1. The third-order valence-corrected chi connectivity index (χ3v) is 4.87. The zero-order valence-corrected chi connectivity index (χ0v) is 15.1. The molecule has 0 radical (unpaired) electrons. The van der Waals surface area contributed by atoms with Crippen molar-refractivity contribution in [2.75, 3.05) is 5.32 Å². The molecule has 0 saturated carbocycles. The van der Waals surface area contributed by atoms with Gasteiger partial charge in [0.15, 0.2) is 0 Å². The number of aromatic nitrogens is 2. The molecule has 0 spiro atoms. The van der Waals surface area contributed by atoms with Crippen molar-refractivity contribution in [1.82, 2.24) is 15.3 Å². The average molecular weight is 352 g/mol. The Morgan fingerprint density at radius 1 is 1.08 bits per heavy atom. The van der Waals surface area contributed by atoms with E-state index >= 15 is 0 Å². The summed E-state index contributed by atoms with van der Waals surface area (Å²) in [6.45, 7) is 5.03. The van der Waals surface area contributed by atoms with Crippen LogP contribution in [-0.4, -0.2) is 15.9 Å². The van der Waals surface area contributed by atoms with Crippen molar-refractivity contribution in [3.05, 3.63) is 75.5 Å². The van der Waals surface area contributed by atoms with Crippen LogP contribution in [0.15, 0.2) is 48.1 Å².